The number of hydrogen-bond donors (Lipinski definition) is 0. The van der Waals surface area contributed by atoms with E-state index < -0.39 is 0 Å². The molecule has 0 rings (SSSR count). The molecule has 0 aliphatic heterocycles. The molecule has 0 amide bonds. The van der Waals surface area contributed by atoms with Crippen molar-refractivity contribution in [2.75, 3.05) is 0 Å². The molecule has 0 fully saturated rings. The molecule has 0 saturated carbocycles. The molecule has 0 aliphatic rings. The molecule has 0 aromatic heterocycles. The van der Waals surface area contributed by atoms with E-state index in [1.54, 1.807) is 0 Å². The summed E-state index contributed by atoms with van der Waals surface area (Å²) in [7, 11) is 0. The fourth-order valence-corrected chi connectivity index (χ4v) is 3.26. The van der Waals surface area contributed by atoms with Gasteiger partial charge < -0.3 is 0 Å². The minimum Gasteiger partial charge on any atom is -0.100 e. The van der Waals surface area contributed by atoms with Crippen molar-refractivity contribution in [1.29, 1.82) is 0 Å². The first-order valence-corrected chi connectivity index (χ1v) is 8.01. The molecule has 0 heterocycles. The van der Waals surface area contributed by atoms with Crippen LogP contribution < -0.4 is 0 Å². The van der Waals surface area contributed by atoms with Gasteiger partial charge in [0.05, 0.1) is 0 Å². The maximum atomic E-state index is 4.05. The Morgan fingerprint density at radius 2 is 1.67 bits per heavy atom. The van der Waals surface area contributed by atoms with E-state index >= 15 is 0 Å². The Morgan fingerprint density at radius 1 is 1.06 bits per heavy atom. The highest BCUT2D eigenvalue weighted by molar-refractivity contribution is 4.90. The van der Waals surface area contributed by atoms with Gasteiger partial charge in [-0.05, 0) is 43.4 Å². The average molecular weight is 252 g/mol. The maximum Gasteiger partial charge on any atom is -0.0297 e. The lowest BCUT2D eigenvalue weighted by molar-refractivity contribution is 0.299. The zero-order valence-corrected chi connectivity index (χ0v) is 13.8. The highest BCUT2D eigenvalue weighted by atomic mass is 14.2. The van der Waals surface area contributed by atoms with Crippen molar-refractivity contribution >= 4 is 0 Å². The van der Waals surface area contributed by atoms with Crippen LogP contribution in [0, 0.1) is 23.7 Å². The summed E-state index contributed by atoms with van der Waals surface area (Å²) in [6.07, 6.45) is 8.15. The van der Waals surface area contributed by atoms with Gasteiger partial charge in [-0.3, -0.25) is 0 Å². The van der Waals surface area contributed by atoms with Crippen LogP contribution in [0.2, 0.25) is 0 Å². The van der Waals surface area contributed by atoms with Gasteiger partial charge in [-0.25, -0.2) is 0 Å². The van der Waals surface area contributed by atoms with Crippen molar-refractivity contribution in [2.45, 2.75) is 80.1 Å². The summed E-state index contributed by atoms with van der Waals surface area (Å²) in [6, 6.07) is 0. The topological polar surface area (TPSA) is 0 Å². The minimum atomic E-state index is 0.813. The van der Waals surface area contributed by atoms with Crippen LogP contribution in [0.15, 0.2) is 12.2 Å². The predicted octanol–water partition coefficient (Wildman–Crippen LogP) is 6.47. The van der Waals surface area contributed by atoms with E-state index in [2.05, 4.69) is 48.1 Å². The van der Waals surface area contributed by atoms with Crippen LogP contribution in [-0.2, 0) is 0 Å². The number of hydrogen-bond acceptors (Lipinski definition) is 0. The normalized spacial score (nSPS) is 16.6. The van der Waals surface area contributed by atoms with Crippen LogP contribution in [0.5, 0.6) is 0 Å². The third-order valence-electron chi connectivity index (χ3n) is 4.15. The maximum absolute atomic E-state index is 4.05. The van der Waals surface area contributed by atoms with E-state index in [1.807, 2.05) is 0 Å². The average Bonchev–Trinajstić information content (AvgIpc) is 2.22. The second kappa shape index (κ2) is 9.64. The molecule has 0 saturated heterocycles. The third kappa shape index (κ3) is 8.78. The quantitative estimate of drug-likeness (QED) is 0.391. The standard InChI is InChI=1S/C18H36/c1-8-18(17(7)13-15(4)5)11-9-10-16(6)12-14(2)3/h14,16-18H,4,8-13H2,1-3,5-7H3. The van der Waals surface area contributed by atoms with Crippen LogP contribution in [0.25, 0.3) is 0 Å². The Labute approximate surface area is 116 Å². The van der Waals surface area contributed by atoms with Crippen molar-refractivity contribution in [3.05, 3.63) is 12.2 Å². The lowest BCUT2D eigenvalue weighted by Crippen LogP contribution is -2.12. The summed E-state index contributed by atoms with van der Waals surface area (Å²) >= 11 is 0. The summed E-state index contributed by atoms with van der Waals surface area (Å²) in [5.74, 6) is 3.46. The summed E-state index contributed by atoms with van der Waals surface area (Å²) in [4.78, 5) is 0. The van der Waals surface area contributed by atoms with E-state index in [0.29, 0.717) is 0 Å². The van der Waals surface area contributed by atoms with Gasteiger partial charge in [0.2, 0.25) is 0 Å². The number of rotatable bonds is 10. The van der Waals surface area contributed by atoms with Crippen molar-refractivity contribution in [1.82, 2.24) is 0 Å². The lowest BCUT2D eigenvalue weighted by atomic mass is 9.82. The smallest absolute Gasteiger partial charge is 0.0297 e. The second-order valence-corrected chi connectivity index (χ2v) is 6.97. The van der Waals surface area contributed by atoms with Gasteiger partial charge in [-0.15, -0.1) is 6.58 Å². The first-order chi connectivity index (χ1) is 8.36. The molecular weight excluding hydrogens is 216 g/mol. The van der Waals surface area contributed by atoms with Crippen molar-refractivity contribution in [3.63, 3.8) is 0 Å². The minimum absolute atomic E-state index is 0.813. The SMILES string of the molecule is C=C(C)CC(C)C(CC)CCCC(C)CC(C)C. The molecular formula is C18H36. The molecule has 3 unspecified atom stereocenters. The number of allylic oxidation sites excluding steroid dienone is 1. The van der Waals surface area contributed by atoms with E-state index in [-0.39, 0.29) is 0 Å². The Bertz CT molecular complexity index is 214. The molecule has 0 nitrogen and oxygen atoms in total. The molecule has 18 heavy (non-hydrogen) atoms. The highest BCUT2D eigenvalue weighted by Crippen LogP contribution is 2.28. The van der Waals surface area contributed by atoms with Gasteiger partial charge in [0.1, 0.15) is 0 Å². The van der Waals surface area contributed by atoms with Crippen LogP contribution in [0.1, 0.15) is 80.1 Å². The molecule has 0 aromatic rings. The Kier molecular flexibility index (Phi) is 9.50. The Morgan fingerprint density at radius 3 is 2.11 bits per heavy atom. The monoisotopic (exact) mass is 252 g/mol. The van der Waals surface area contributed by atoms with Gasteiger partial charge in [-0.2, -0.15) is 0 Å². The summed E-state index contributed by atoms with van der Waals surface area (Å²) in [5, 5.41) is 0. The molecule has 0 heteroatoms. The zero-order chi connectivity index (χ0) is 14.1. The van der Waals surface area contributed by atoms with Crippen molar-refractivity contribution in [2.24, 2.45) is 23.7 Å². The van der Waals surface area contributed by atoms with E-state index in [9.17, 15) is 0 Å². The second-order valence-electron chi connectivity index (χ2n) is 6.97. The Hall–Kier alpha value is -0.260. The first kappa shape index (κ1) is 17.7. The van der Waals surface area contributed by atoms with E-state index in [4.69, 9.17) is 0 Å². The van der Waals surface area contributed by atoms with Gasteiger partial charge >= 0.3 is 0 Å². The molecule has 0 radical (unpaired) electrons. The fraction of sp³-hybridized carbons (Fsp3) is 0.889. The summed E-state index contributed by atoms with van der Waals surface area (Å²) in [6.45, 7) is 18.0. The van der Waals surface area contributed by atoms with Crippen LogP contribution in [0.4, 0.5) is 0 Å². The zero-order valence-electron chi connectivity index (χ0n) is 13.8. The summed E-state index contributed by atoms with van der Waals surface area (Å²) in [5.41, 5.74) is 1.34. The molecule has 0 aromatic carbocycles. The van der Waals surface area contributed by atoms with Crippen LogP contribution >= 0.6 is 0 Å². The molecule has 0 bridgehead atoms. The molecule has 108 valence electrons. The highest BCUT2D eigenvalue weighted by Gasteiger charge is 2.15. The first-order valence-electron chi connectivity index (χ1n) is 8.01. The van der Waals surface area contributed by atoms with Crippen molar-refractivity contribution in [3.8, 4) is 0 Å². The molecule has 0 N–H and O–H groups in total. The van der Waals surface area contributed by atoms with Crippen LogP contribution in [0.3, 0.4) is 0 Å². The third-order valence-corrected chi connectivity index (χ3v) is 4.15. The summed E-state index contributed by atoms with van der Waals surface area (Å²) < 4.78 is 0. The Balaban J connectivity index is 3.89. The van der Waals surface area contributed by atoms with Gasteiger partial charge in [0.25, 0.3) is 0 Å². The molecule has 3 atom stereocenters. The largest absolute Gasteiger partial charge is 0.100 e. The fourth-order valence-electron chi connectivity index (χ4n) is 3.26. The van der Waals surface area contributed by atoms with Crippen molar-refractivity contribution < 1.29 is 0 Å². The van der Waals surface area contributed by atoms with Gasteiger partial charge in [0.15, 0.2) is 0 Å². The molecule has 0 spiro atoms. The van der Waals surface area contributed by atoms with Gasteiger partial charge in [0, 0.05) is 0 Å². The van der Waals surface area contributed by atoms with E-state index in [1.165, 1.54) is 44.1 Å². The van der Waals surface area contributed by atoms with E-state index in [0.717, 1.165) is 23.7 Å². The van der Waals surface area contributed by atoms with Gasteiger partial charge in [-0.1, -0.05) is 65.9 Å². The molecule has 0 aliphatic carbocycles. The lowest BCUT2D eigenvalue weighted by Gasteiger charge is -2.23. The predicted molar refractivity (Wildman–Crippen MR) is 84.8 cm³/mol. The van der Waals surface area contributed by atoms with Crippen LogP contribution in [-0.4, -0.2) is 0 Å².